The molecule has 3 aromatic rings. The average molecular weight is 444 g/mol. The van der Waals surface area contributed by atoms with Gasteiger partial charge >= 0.3 is 0 Å². The number of benzene rings is 3. The quantitative estimate of drug-likeness (QED) is 0.527. The van der Waals surface area contributed by atoms with Gasteiger partial charge in [-0.1, -0.05) is 36.4 Å². The topological polar surface area (TPSA) is 77.1 Å². The Labute approximate surface area is 192 Å². The van der Waals surface area contributed by atoms with Crippen molar-refractivity contribution in [1.82, 2.24) is 4.90 Å². The van der Waals surface area contributed by atoms with Crippen LogP contribution in [0.1, 0.15) is 11.1 Å². The molecule has 0 saturated carbocycles. The van der Waals surface area contributed by atoms with E-state index in [1.54, 1.807) is 63.8 Å². The molecule has 0 aromatic heterocycles. The Balaban J connectivity index is 1.75. The highest BCUT2D eigenvalue weighted by atomic mass is 16.5. The Kier molecular flexibility index (Phi) is 6.31. The number of ether oxygens (including phenoxy) is 3. The van der Waals surface area contributed by atoms with Gasteiger partial charge in [0.2, 0.25) is 0 Å². The second-order valence-corrected chi connectivity index (χ2v) is 7.34. The number of nitrogens with zero attached hydrogens (tertiary/aromatic N) is 1. The molecule has 0 radical (unpaired) electrons. The van der Waals surface area contributed by atoms with E-state index in [0.29, 0.717) is 34.1 Å². The molecule has 3 aromatic carbocycles. The Morgan fingerprint density at radius 1 is 0.758 bits per heavy atom. The van der Waals surface area contributed by atoms with Crippen molar-refractivity contribution in [3.05, 3.63) is 89.6 Å². The first-order chi connectivity index (χ1) is 16.0. The summed E-state index contributed by atoms with van der Waals surface area (Å²) in [5, 5.41) is 3.14. The first kappa shape index (κ1) is 22.0. The Morgan fingerprint density at radius 2 is 1.48 bits per heavy atom. The molecule has 1 N–H and O–H groups in total. The molecule has 0 spiro atoms. The Hall–Kier alpha value is -4.26. The predicted octanol–water partition coefficient (Wildman–Crippen LogP) is 4.10. The SMILES string of the molecule is COc1ccc(C2=C(Nc3cccc(OC)c3)C(=O)N(Cc3ccccc3OC)C2=O)cc1. The number of hydrogen-bond acceptors (Lipinski definition) is 6. The second-order valence-electron chi connectivity index (χ2n) is 7.34. The van der Waals surface area contributed by atoms with E-state index in [1.165, 1.54) is 4.90 Å². The number of carbonyl (C=O) groups excluding carboxylic acids is 2. The van der Waals surface area contributed by atoms with E-state index in [2.05, 4.69) is 5.32 Å². The number of nitrogens with one attached hydrogen (secondary N) is 1. The number of para-hydroxylation sites is 1. The number of amides is 2. The fraction of sp³-hybridized carbons (Fsp3) is 0.154. The van der Waals surface area contributed by atoms with Gasteiger partial charge < -0.3 is 19.5 Å². The molecule has 7 heteroatoms. The van der Waals surface area contributed by atoms with Gasteiger partial charge in [-0.05, 0) is 35.9 Å². The van der Waals surface area contributed by atoms with Crippen LogP contribution in [0.4, 0.5) is 5.69 Å². The van der Waals surface area contributed by atoms with Gasteiger partial charge in [-0.25, -0.2) is 0 Å². The maximum absolute atomic E-state index is 13.5. The highest BCUT2D eigenvalue weighted by Crippen LogP contribution is 2.34. The van der Waals surface area contributed by atoms with E-state index in [-0.39, 0.29) is 18.1 Å². The normalized spacial score (nSPS) is 13.4. The van der Waals surface area contributed by atoms with E-state index in [0.717, 1.165) is 5.56 Å². The lowest BCUT2D eigenvalue weighted by Gasteiger charge is -2.17. The summed E-state index contributed by atoms with van der Waals surface area (Å²) in [5.74, 6) is 1.10. The number of methoxy groups -OCH3 is 3. The van der Waals surface area contributed by atoms with E-state index in [4.69, 9.17) is 14.2 Å². The largest absolute Gasteiger partial charge is 0.497 e. The van der Waals surface area contributed by atoms with Crippen LogP contribution in [0.2, 0.25) is 0 Å². The highest BCUT2D eigenvalue weighted by Gasteiger charge is 2.39. The molecular weight excluding hydrogens is 420 g/mol. The van der Waals surface area contributed by atoms with Crippen LogP contribution in [-0.2, 0) is 16.1 Å². The van der Waals surface area contributed by atoms with Crippen molar-refractivity contribution in [3.8, 4) is 17.2 Å². The molecule has 0 unspecified atom stereocenters. The van der Waals surface area contributed by atoms with Crippen molar-refractivity contribution in [1.29, 1.82) is 0 Å². The molecule has 0 fully saturated rings. The maximum atomic E-state index is 13.5. The summed E-state index contributed by atoms with van der Waals surface area (Å²) in [6.45, 7) is 0.0879. The number of hydrogen-bond donors (Lipinski definition) is 1. The van der Waals surface area contributed by atoms with Crippen LogP contribution < -0.4 is 19.5 Å². The number of carbonyl (C=O) groups is 2. The van der Waals surface area contributed by atoms with Crippen molar-refractivity contribution >= 4 is 23.1 Å². The maximum Gasteiger partial charge on any atom is 0.278 e. The first-order valence-electron chi connectivity index (χ1n) is 10.3. The molecule has 168 valence electrons. The zero-order valence-electron chi connectivity index (χ0n) is 18.6. The fourth-order valence-corrected chi connectivity index (χ4v) is 3.71. The zero-order valence-corrected chi connectivity index (χ0v) is 18.6. The van der Waals surface area contributed by atoms with Crippen molar-refractivity contribution in [2.24, 2.45) is 0 Å². The van der Waals surface area contributed by atoms with E-state index in [1.807, 2.05) is 30.3 Å². The predicted molar refractivity (Wildman–Crippen MR) is 125 cm³/mol. The molecule has 0 aliphatic carbocycles. The van der Waals surface area contributed by atoms with Gasteiger partial charge in [0, 0.05) is 17.3 Å². The molecule has 1 aliphatic heterocycles. The van der Waals surface area contributed by atoms with Crippen LogP contribution in [-0.4, -0.2) is 38.0 Å². The highest BCUT2D eigenvalue weighted by molar-refractivity contribution is 6.36. The van der Waals surface area contributed by atoms with Gasteiger partial charge in [0.15, 0.2) is 0 Å². The third kappa shape index (κ3) is 4.39. The minimum absolute atomic E-state index is 0.0879. The van der Waals surface area contributed by atoms with Gasteiger partial charge in [0.25, 0.3) is 11.8 Å². The summed E-state index contributed by atoms with van der Waals surface area (Å²) in [4.78, 5) is 28.2. The van der Waals surface area contributed by atoms with Crippen LogP contribution in [0.15, 0.2) is 78.5 Å². The standard InChI is InChI=1S/C26H24N2O5/c1-31-20-13-11-17(12-14-20)23-24(27-19-8-6-9-21(15-19)32-2)26(30)28(25(23)29)16-18-7-4-5-10-22(18)33-3/h4-15,27H,16H2,1-3H3. The van der Waals surface area contributed by atoms with Crippen molar-refractivity contribution in [2.75, 3.05) is 26.6 Å². The summed E-state index contributed by atoms with van der Waals surface area (Å²) < 4.78 is 15.9. The van der Waals surface area contributed by atoms with E-state index in [9.17, 15) is 9.59 Å². The lowest BCUT2D eigenvalue weighted by atomic mass is 10.0. The molecule has 4 rings (SSSR count). The lowest BCUT2D eigenvalue weighted by molar-refractivity contribution is -0.137. The molecule has 0 saturated heterocycles. The number of rotatable bonds is 8. The number of imide groups is 1. The molecular formula is C26H24N2O5. The molecule has 0 atom stereocenters. The van der Waals surface area contributed by atoms with Crippen LogP contribution in [0.3, 0.4) is 0 Å². The molecule has 2 amide bonds. The molecule has 7 nitrogen and oxygen atoms in total. The Bertz CT molecular complexity index is 1220. The smallest absolute Gasteiger partial charge is 0.278 e. The van der Waals surface area contributed by atoms with E-state index >= 15 is 0 Å². The van der Waals surface area contributed by atoms with Crippen LogP contribution in [0.5, 0.6) is 17.2 Å². The fourth-order valence-electron chi connectivity index (χ4n) is 3.71. The summed E-state index contributed by atoms with van der Waals surface area (Å²) >= 11 is 0. The zero-order chi connectivity index (χ0) is 23.4. The minimum Gasteiger partial charge on any atom is -0.497 e. The third-order valence-corrected chi connectivity index (χ3v) is 5.41. The molecule has 0 bridgehead atoms. The average Bonchev–Trinajstić information content (AvgIpc) is 3.08. The van der Waals surface area contributed by atoms with Gasteiger partial charge in [-0.15, -0.1) is 0 Å². The summed E-state index contributed by atoms with van der Waals surface area (Å²) in [6.07, 6.45) is 0. The third-order valence-electron chi connectivity index (χ3n) is 5.41. The van der Waals surface area contributed by atoms with Gasteiger partial charge in [-0.3, -0.25) is 14.5 Å². The summed E-state index contributed by atoms with van der Waals surface area (Å²) in [6, 6.07) is 21.5. The van der Waals surface area contributed by atoms with Crippen LogP contribution in [0, 0.1) is 0 Å². The lowest BCUT2D eigenvalue weighted by Crippen LogP contribution is -2.32. The van der Waals surface area contributed by atoms with Gasteiger partial charge in [-0.2, -0.15) is 0 Å². The van der Waals surface area contributed by atoms with Crippen molar-refractivity contribution in [2.45, 2.75) is 6.54 Å². The first-order valence-corrected chi connectivity index (χ1v) is 10.3. The van der Waals surface area contributed by atoms with Gasteiger partial charge in [0.1, 0.15) is 22.9 Å². The molecule has 1 heterocycles. The monoisotopic (exact) mass is 444 g/mol. The van der Waals surface area contributed by atoms with Gasteiger partial charge in [0.05, 0.1) is 33.4 Å². The summed E-state index contributed by atoms with van der Waals surface area (Å²) in [5.41, 5.74) is 2.48. The second kappa shape index (κ2) is 9.48. The summed E-state index contributed by atoms with van der Waals surface area (Å²) in [7, 11) is 4.70. The Morgan fingerprint density at radius 3 is 2.18 bits per heavy atom. The minimum atomic E-state index is -0.417. The number of anilines is 1. The molecule has 33 heavy (non-hydrogen) atoms. The molecule has 1 aliphatic rings. The van der Waals surface area contributed by atoms with Crippen LogP contribution >= 0.6 is 0 Å². The van der Waals surface area contributed by atoms with E-state index < -0.39 is 5.91 Å². The van der Waals surface area contributed by atoms with Crippen LogP contribution in [0.25, 0.3) is 5.57 Å². The van der Waals surface area contributed by atoms with Crippen molar-refractivity contribution < 1.29 is 23.8 Å². The van der Waals surface area contributed by atoms with Crippen molar-refractivity contribution in [3.63, 3.8) is 0 Å².